The Morgan fingerprint density at radius 1 is 1.33 bits per heavy atom. The highest BCUT2D eigenvalue weighted by atomic mass is 14.9. The van der Waals surface area contributed by atoms with Crippen LogP contribution in [0.1, 0.15) is 25.0 Å². The Bertz CT molecular complexity index is 306. The molecule has 1 heterocycles. The first kappa shape index (κ1) is 10.4. The van der Waals surface area contributed by atoms with Crippen LogP contribution in [-0.2, 0) is 6.42 Å². The van der Waals surface area contributed by atoms with E-state index >= 15 is 0 Å². The molecule has 0 aromatic carbocycles. The topological polar surface area (TPSA) is 24.9 Å². The molecular formula is C13H18N2. The molecule has 2 rings (SSSR count). The molecule has 2 nitrogen and oxygen atoms in total. The summed E-state index contributed by atoms with van der Waals surface area (Å²) >= 11 is 0. The number of nitrogens with one attached hydrogen (secondary N) is 1. The van der Waals surface area contributed by atoms with E-state index in [4.69, 9.17) is 0 Å². The SMILES string of the molecule is C1=CCC(NCCc2ccccn2)CC1. The summed E-state index contributed by atoms with van der Waals surface area (Å²) in [5, 5.41) is 3.58. The van der Waals surface area contributed by atoms with E-state index in [-0.39, 0.29) is 0 Å². The number of rotatable bonds is 4. The van der Waals surface area contributed by atoms with Crippen molar-refractivity contribution in [3.05, 3.63) is 42.2 Å². The molecule has 1 aliphatic rings. The average molecular weight is 202 g/mol. The predicted molar refractivity (Wildman–Crippen MR) is 62.7 cm³/mol. The molecular weight excluding hydrogens is 184 g/mol. The summed E-state index contributed by atoms with van der Waals surface area (Å²) in [6.45, 7) is 1.04. The second-order valence-electron chi connectivity index (χ2n) is 4.01. The molecule has 2 heteroatoms. The Balaban J connectivity index is 1.68. The third kappa shape index (κ3) is 3.48. The van der Waals surface area contributed by atoms with Gasteiger partial charge in [-0.1, -0.05) is 18.2 Å². The standard InChI is InChI=1S/C13H18N2/c1-2-6-12(7-3-1)15-11-9-13-8-4-5-10-14-13/h1-2,4-5,8,10,12,15H,3,6-7,9,11H2. The Morgan fingerprint density at radius 2 is 2.33 bits per heavy atom. The van der Waals surface area contributed by atoms with Gasteiger partial charge in [-0.25, -0.2) is 0 Å². The van der Waals surface area contributed by atoms with Gasteiger partial charge in [-0.3, -0.25) is 4.98 Å². The maximum absolute atomic E-state index is 4.31. The molecule has 0 saturated carbocycles. The maximum Gasteiger partial charge on any atom is 0.0416 e. The molecule has 1 aliphatic carbocycles. The minimum absolute atomic E-state index is 0.679. The molecule has 0 spiro atoms. The zero-order chi connectivity index (χ0) is 10.3. The smallest absolute Gasteiger partial charge is 0.0416 e. The molecule has 0 amide bonds. The summed E-state index contributed by atoms with van der Waals surface area (Å²) in [4.78, 5) is 4.31. The number of pyridine rings is 1. The van der Waals surface area contributed by atoms with Crippen LogP contribution in [0.2, 0.25) is 0 Å². The Hall–Kier alpha value is -1.15. The third-order valence-electron chi connectivity index (χ3n) is 2.81. The lowest BCUT2D eigenvalue weighted by atomic mass is 10.0. The fourth-order valence-corrected chi connectivity index (χ4v) is 1.93. The second-order valence-corrected chi connectivity index (χ2v) is 4.01. The Kier molecular flexibility index (Phi) is 3.92. The van der Waals surface area contributed by atoms with Crippen molar-refractivity contribution in [1.82, 2.24) is 10.3 Å². The zero-order valence-corrected chi connectivity index (χ0v) is 9.02. The highest BCUT2D eigenvalue weighted by molar-refractivity contribution is 5.04. The van der Waals surface area contributed by atoms with E-state index in [0.29, 0.717) is 6.04 Å². The fraction of sp³-hybridized carbons (Fsp3) is 0.462. The number of hydrogen-bond donors (Lipinski definition) is 1. The van der Waals surface area contributed by atoms with Gasteiger partial charge < -0.3 is 5.32 Å². The van der Waals surface area contributed by atoms with Crippen LogP contribution < -0.4 is 5.32 Å². The summed E-state index contributed by atoms with van der Waals surface area (Å²) in [7, 11) is 0. The van der Waals surface area contributed by atoms with Crippen LogP contribution in [0, 0.1) is 0 Å². The van der Waals surface area contributed by atoms with Crippen molar-refractivity contribution < 1.29 is 0 Å². The summed E-state index contributed by atoms with van der Waals surface area (Å²) in [5.74, 6) is 0. The number of nitrogens with zero attached hydrogens (tertiary/aromatic N) is 1. The van der Waals surface area contributed by atoms with Crippen LogP contribution in [0.4, 0.5) is 0 Å². The predicted octanol–water partition coefficient (Wildman–Crippen LogP) is 2.32. The van der Waals surface area contributed by atoms with Gasteiger partial charge in [0, 0.05) is 30.9 Å². The van der Waals surface area contributed by atoms with Gasteiger partial charge in [0.05, 0.1) is 0 Å². The molecule has 1 aromatic rings. The molecule has 1 N–H and O–H groups in total. The lowest BCUT2D eigenvalue weighted by molar-refractivity contribution is 0.477. The summed E-state index contributed by atoms with van der Waals surface area (Å²) in [6, 6.07) is 6.77. The van der Waals surface area contributed by atoms with Gasteiger partial charge in [0.2, 0.25) is 0 Å². The monoisotopic (exact) mass is 202 g/mol. The van der Waals surface area contributed by atoms with Gasteiger partial charge in [0.25, 0.3) is 0 Å². The van der Waals surface area contributed by atoms with Gasteiger partial charge in [-0.05, 0) is 31.4 Å². The number of allylic oxidation sites excluding steroid dienone is 1. The normalized spacial score (nSPS) is 20.4. The summed E-state index contributed by atoms with van der Waals surface area (Å²) in [5.41, 5.74) is 1.18. The van der Waals surface area contributed by atoms with Crippen LogP contribution in [-0.4, -0.2) is 17.6 Å². The minimum Gasteiger partial charge on any atom is -0.313 e. The van der Waals surface area contributed by atoms with E-state index in [1.807, 2.05) is 18.3 Å². The van der Waals surface area contributed by atoms with E-state index in [2.05, 4.69) is 28.5 Å². The Labute approximate surface area is 91.4 Å². The van der Waals surface area contributed by atoms with Crippen LogP contribution in [0.15, 0.2) is 36.5 Å². The lowest BCUT2D eigenvalue weighted by Gasteiger charge is -2.19. The van der Waals surface area contributed by atoms with Gasteiger partial charge in [-0.2, -0.15) is 0 Å². The van der Waals surface area contributed by atoms with Crippen molar-refractivity contribution in [3.63, 3.8) is 0 Å². The van der Waals surface area contributed by atoms with Crippen LogP contribution in [0.3, 0.4) is 0 Å². The molecule has 1 atom stereocenters. The van der Waals surface area contributed by atoms with Crippen molar-refractivity contribution >= 4 is 0 Å². The third-order valence-corrected chi connectivity index (χ3v) is 2.81. The second kappa shape index (κ2) is 5.66. The van der Waals surface area contributed by atoms with E-state index < -0.39 is 0 Å². The first-order valence-electron chi connectivity index (χ1n) is 5.73. The molecule has 0 aliphatic heterocycles. The van der Waals surface area contributed by atoms with Gasteiger partial charge in [-0.15, -0.1) is 0 Å². The number of hydrogen-bond acceptors (Lipinski definition) is 2. The highest BCUT2D eigenvalue weighted by Crippen LogP contribution is 2.10. The summed E-state index contributed by atoms with van der Waals surface area (Å²) < 4.78 is 0. The number of aromatic nitrogens is 1. The molecule has 1 unspecified atom stereocenters. The molecule has 15 heavy (non-hydrogen) atoms. The van der Waals surface area contributed by atoms with Crippen molar-refractivity contribution in [2.24, 2.45) is 0 Å². The van der Waals surface area contributed by atoms with E-state index in [1.165, 1.54) is 25.0 Å². The first-order valence-corrected chi connectivity index (χ1v) is 5.73. The van der Waals surface area contributed by atoms with Gasteiger partial charge in [0.15, 0.2) is 0 Å². The van der Waals surface area contributed by atoms with Crippen LogP contribution in [0.5, 0.6) is 0 Å². The van der Waals surface area contributed by atoms with Gasteiger partial charge >= 0.3 is 0 Å². The summed E-state index contributed by atoms with van der Waals surface area (Å²) in [6.07, 6.45) is 11.1. The minimum atomic E-state index is 0.679. The van der Waals surface area contributed by atoms with Crippen molar-refractivity contribution in [2.75, 3.05) is 6.54 Å². The largest absolute Gasteiger partial charge is 0.313 e. The first-order chi connectivity index (χ1) is 7.45. The lowest BCUT2D eigenvalue weighted by Crippen LogP contribution is -2.31. The molecule has 0 fully saturated rings. The van der Waals surface area contributed by atoms with E-state index in [9.17, 15) is 0 Å². The van der Waals surface area contributed by atoms with E-state index in [1.54, 1.807) is 0 Å². The van der Waals surface area contributed by atoms with Crippen LogP contribution in [0.25, 0.3) is 0 Å². The van der Waals surface area contributed by atoms with Crippen molar-refractivity contribution in [3.8, 4) is 0 Å². The molecule has 0 bridgehead atoms. The van der Waals surface area contributed by atoms with E-state index in [0.717, 1.165) is 13.0 Å². The quantitative estimate of drug-likeness (QED) is 0.758. The zero-order valence-electron chi connectivity index (χ0n) is 9.02. The fourth-order valence-electron chi connectivity index (χ4n) is 1.93. The van der Waals surface area contributed by atoms with Crippen molar-refractivity contribution in [2.45, 2.75) is 31.7 Å². The molecule has 0 radical (unpaired) electrons. The maximum atomic E-state index is 4.31. The van der Waals surface area contributed by atoms with Crippen LogP contribution >= 0.6 is 0 Å². The molecule has 80 valence electrons. The highest BCUT2D eigenvalue weighted by Gasteiger charge is 2.07. The Morgan fingerprint density at radius 3 is 3.07 bits per heavy atom. The molecule has 1 aromatic heterocycles. The van der Waals surface area contributed by atoms with Crippen molar-refractivity contribution in [1.29, 1.82) is 0 Å². The average Bonchev–Trinajstić information content (AvgIpc) is 2.32. The van der Waals surface area contributed by atoms with Gasteiger partial charge in [0.1, 0.15) is 0 Å². The molecule has 0 saturated heterocycles.